The largest absolute Gasteiger partial charge is 0.756 e. The summed E-state index contributed by atoms with van der Waals surface area (Å²) in [5, 5.41) is 13.4. The van der Waals surface area contributed by atoms with E-state index in [2.05, 4.69) is 19.2 Å². The van der Waals surface area contributed by atoms with E-state index in [1.54, 1.807) is 0 Å². The quantitative estimate of drug-likeness (QED) is 0.133. The van der Waals surface area contributed by atoms with E-state index in [0.29, 0.717) is 23.9 Å². The molecule has 1 amide bonds. The molecule has 3 unspecified atom stereocenters. The summed E-state index contributed by atoms with van der Waals surface area (Å²) in [6.45, 7) is 4.45. The number of nitrogens with one attached hydrogen (secondary N) is 1. The van der Waals surface area contributed by atoms with E-state index in [9.17, 15) is 19.4 Å². The Morgan fingerprint density at radius 1 is 0.939 bits per heavy atom. The van der Waals surface area contributed by atoms with Crippen molar-refractivity contribution < 1.29 is 32.9 Å². The zero-order chi connectivity index (χ0) is 25.2. The van der Waals surface area contributed by atoms with Gasteiger partial charge in [0.25, 0.3) is 7.82 Å². The standard InChI is InChI=1S/C24H51N2O6P/c1-6-8-10-11-12-13-14-16-17-23(27)22(25-24(28)18-15-9-7-2)21-32-33(29,30)31-20-19-26(3,4)5/h22-23,27H,6-21H2,1-5H3,(H-,25,28,29,30). The molecule has 0 aliphatic heterocycles. The van der Waals surface area contributed by atoms with Crippen LogP contribution in [0.1, 0.15) is 97.3 Å². The predicted molar refractivity (Wildman–Crippen MR) is 132 cm³/mol. The maximum absolute atomic E-state index is 12.3. The fourth-order valence-corrected chi connectivity index (χ4v) is 4.11. The summed E-state index contributed by atoms with van der Waals surface area (Å²) in [6.07, 6.45) is 11.9. The Kier molecular flexibility index (Phi) is 18.5. The van der Waals surface area contributed by atoms with E-state index in [4.69, 9.17) is 9.05 Å². The Hall–Kier alpha value is -0.500. The minimum absolute atomic E-state index is 0.0130. The molecule has 0 bridgehead atoms. The van der Waals surface area contributed by atoms with Gasteiger partial charge >= 0.3 is 0 Å². The van der Waals surface area contributed by atoms with Gasteiger partial charge in [0.2, 0.25) is 5.91 Å². The highest BCUT2D eigenvalue weighted by molar-refractivity contribution is 7.45. The number of phosphoric ester groups is 1. The first-order valence-corrected chi connectivity index (χ1v) is 14.3. The number of nitrogens with zero attached hydrogens (tertiary/aromatic N) is 1. The van der Waals surface area contributed by atoms with Crippen LogP contribution in [0.15, 0.2) is 0 Å². The minimum atomic E-state index is -4.51. The van der Waals surface area contributed by atoms with Crippen molar-refractivity contribution in [1.82, 2.24) is 5.32 Å². The van der Waals surface area contributed by atoms with Crippen molar-refractivity contribution in [1.29, 1.82) is 0 Å². The number of phosphoric acid groups is 1. The average Bonchev–Trinajstić information content (AvgIpc) is 2.72. The highest BCUT2D eigenvalue weighted by Gasteiger charge is 2.24. The van der Waals surface area contributed by atoms with Crippen LogP contribution in [0.4, 0.5) is 0 Å². The number of aliphatic hydroxyl groups excluding tert-OH is 1. The van der Waals surface area contributed by atoms with E-state index in [1.165, 1.54) is 32.1 Å². The molecule has 0 spiro atoms. The van der Waals surface area contributed by atoms with Gasteiger partial charge in [0.05, 0.1) is 39.9 Å². The van der Waals surface area contributed by atoms with Crippen molar-refractivity contribution >= 4 is 13.7 Å². The smallest absolute Gasteiger partial charge is 0.268 e. The second-order valence-corrected chi connectivity index (χ2v) is 11.5. The zero-order valence-corrected chi connectivity index (χ0v) is 22.7. The van der Waals surface area contributed by atoms with Gasteiger partial charge in [0.15, 0.2) is 0 Å². The number of rotatable bonds is 22. The molecule has 0 rings (SSSR count). The molecule has 0 aliphatic rings. The number of hydrogen-bond donors (Lipinski definition) is 2. The molecule has 0 fully saturated rings. The van der Waals surface area contributed by atoms with Gasteiger partial charge in [-0.05, 0) is 12.8 Å². The molecule has 0 saturated heterocycles. The average molecular weight is 495 g/mol. The Morgan fingerprint density at radius 2 is 1.48 bits per heavy atom. The summed E-state index contributed by atoms with van der Waals surface area (Å²) in [7, 11) is 1.29. The third kappa shape index (κ3) is 20.6. The summed E-state index contributed by atoms with van der Waals surface area (Å²) in [5.74, 6) is -0.196. The second-order valence-electron chi connectivity index (χ2n) is 10.1. The summed E-state index contributed by atoms with van der Waals surface area (Å²) in [4.78, 5) is 24.4. The number of quaternary nitrogens is 1. The monoisotopic (exact) mass is 494 g/mol. The molecule has 33 heavy (non-hydrogen) atoms. The van der Waals surface area contributed by atoms with Crippen LogP contribution < -0.4 is 10.2 Å². The Morgan fingerprint density at radius 3 is 2.06 bits per heavy atom. The lowest BCUT2D eigenvalue weighted by atomic mass is 10.0. The number of carbonyl (C=O) groups excluding carboxylic acids is 1. The van der Waals surface area contributed by atoms with Crippen molar-refractivity contribution in [3.05, 3.63) is 0 Å². The van der Waals surface area contributed by atoms with Gasteiger partial charge < -0.3 is 28.8 Å². The van der Waals surface area contributed by atoms with Crippen LogP contribution in [0.3, 0.4) is 0 Å². The highest BCUT2D eigenvalue weighted by Crippen LogP contribution is 2.38. The molecular weight excluding hydrogens is 443 g/mol. The lowest BCUT2D eigenvalue weighted by Crippen LogP contribution is -2.46. The Balaban J connectivity index is 4.60. The van der Waals surface area contributed by atoms with Crippen molar-refractivity contribution in [2.75, 3.05) is 40.9 Å². The Labute approximate surface area is 202 Å². The molecule has 2 N–H and O–H groups in total. The maximum atomic E-state index is 12.3. The number of hydrogen-bond acceptors (Lipinski definition) is 6. The normalized spacial score (nSPS) is 15.7. The van der Waals surface area contributed by atoms with Crippen LogP contribution in [0.5, 0.6) is 0 Å². The molecule has 0 aliphatic carbocycles. The molecule has 0 aromatic heterocycles. The molecule has 0 radical (unpaired) electrons. The molecule has 0 aromatic carbocycles. The molecule has 8 nitrogen and oxygen atoms in total. The molecular formula is C24H51N2O6P. The van der Waals surface area contributed by atoms with Crippen molar-refractivity contribution in [3.8, 4) is 0 Å². The molecule has 0 heterocycles. The van der Waals surface area contributed by atoms with Crippen LogP contribution in [0.25, 0.3) is 0 Å². The second kappa shape index (κ2) is 18.8. The number of aliphatic hydroxyl groups is 1. The maximum Gasteiger partial charge on any atom is 0.268 e. The van der Waals surface area contributed by atoms with E-state index < -0.39 is 20.0 Å². The molecule has 9 heteroatoms. The summed E-state index contributed by atoms with van der Waals surface area (Å²) >= 11 is 0. The summed E-state index contributed by atoms with van der Waals surface area (Å²) < 4.78 is 22.7. The Bertz CT molecular complexity index is 542. The molecule has 198 valence electrons. The molecule has 3 atom stereocenters. The number of amides is 1. The van der Waals surface area contributed by atoms with Crippen molar-refractivity contribution in [2.45, 2.75) is 109 Å². The number of likely N-dealkylation sites (N-methyl/N-ethyl adjacent to an activating group) is 1. The van der Waals surface area contributed by atoms with Crippen molar-refractivity contribution in [2.24, 2.45) is 0 Å². The first-order valence-electron chi connectivity index (χ1n) is 12.9. The zero-order valence-electron chi connectivity index (χ0n) is 21.9. The van der Waals surface area contributed by atoms with Crippen LogP contribution >= 0.6 is 7.82 Å². The van der Waals surface area contributed by atoms with Crippen LogP contribution in [0.2, 0.25) is 0 Å². The third-order valence-electron chi connectivity index (χ3n) is 5.60. The topological polar surface area (TPSA) is 108 Å². The van der Waals surface area contributed by atoms with Gasteiger partial charge in [0.1, 0.15) is 13.2 Å². The van der Waals surface area contributed by atoms with Crippen LogP contribution in [-0.2, 0) is 18.4 Å². The van der Waals surface area contributed by atoms with Gasteiger partial charge in [-0.15, -0.1) is 0 Å². The molecule has 0 saturated carbocycles. The highest BCUT2D eigenvalue weighted by atomic mass is 31.2. The van der Waals surface area contributed by atoms with Gasteiger partial charge in [-0.3, -0.25) is 9.36 Å². The number of unbranched alkanes of at least 4 members (excludes halogenated alkanes) is 9. The third-order valence-corrected chi connectivity index (χ3v) is 6.56. The van der Waals surface area contributed by atoms with Gasteiger partial charge in [-0.25, -0.2) is 0 Å². The fraction of sp³-hybridized carbons (Fsp3) is 0.958. The summed E-state index contributed by atoms with van der Waals surface area (Å²) in [5.41, 5.74) is 0. The number of carbonyl (C=O) groups is 1. The van der Waals surface area contributed by atoms with Crippen LogP contribution in [-0.4, -0.2) is 68.5 Å². The fourth-order valence-electron chi connectivity index (χ4n) is 3.39. The SMILES string of the molecule is CCCCCCCCCCC(O)C(COP(=O)([O-])OCC[N+](C)(C)C)NC(=O)CCCCC. The predicted octanol–water partition coefficient (Wildman–Crippen LogP) is 4.15. The lowest BCUT2D eigenvalue weighted by molar-refractivity contribution is -0.870. The first-order chi connectivity index (χ1) is 15.5. The van der Waals surface area contributed by atoms with E-state index in [0.717, 1.165) is 38.5 Å². The lowest BCUT2D eigenvalue weighted by Gasteiger charge is -2.30. The van der Waals surface area contributed by atoms with Gasteiger partial charge in [0, 0.05) is 6.42 Å². The minimum Gasteiger partial charge on any atom is -0.756 e. The first kappa shape index (κ1) is 32.5. The van der Waals surface area contributed by atoms with Gasteiger partial charge in [-0.1, -0.05) is 78.1 Å². The van der Waals surface area contributed by atoms with Crippen molar-refractivity contribution in [3.63, 3.8) is 0 Å². The summed E-state index contributed by atoms with van der Waals surface area (Å²) in [6, 6.07) is -0.784. The van der Waals surface area contributed by atoms with Gasteiger partial charge in [-0.2, -0.15) is 0 Å². The van der Waals surface area contributed by atoms with Crippen LogP contribution in [0, 0.1) is 0 Å². The van der Waals surface area contributed by atoms with E-state index in [-0.39, 0.29) is 19.1 Å². The molecule has 0 aromatic rings. The van der Waals surface area contributed by atoms with E-state index >= 15 is 0 Å². The van der Waals surface area contributed by atoms with E-state index in [1.807, 2.05) is 21.1 Å².